The van der Waals surface area contributed by atoms with Crippen molar-refractivity contribution in [2.45, 2.75) is 83.7 Å². The number of hydrogen-bond acceptors (Lipinski definition) is 20. The average Bonchev–Trinajstić information content (AvgIpc) is 0.817. The van der Waals surface area contributed by atoms with Gasteiger partial charge >= 0.3 is 21.6 Å². The molecule has 0 aromatic heterocycles. The van der Waals surface area contributed by atoms with Gasteiger partial charge < -0.3 is 18.8 Å². The first-order chi connectivity index (χ1) is 55.1. The molecule has 5 aliphatic heterocycles. The van der Waals surface area contributed by atoms with Gasteiger partial charge in [-0.1, -0.05) is 212 Å². The molecule has 20 nitrogen and oxygen atoms in total. The van der Waals surface area contributed by atoms with E-state index in [4.69, 9.17) is 19.1 Å². The van der Waals surface area contributed by atoms with Crippen LogP contribution in [0.1, 0.15) is 54.2 Å². The predicted octanol–water partition coefficient (Wildman–Crippen LogP) is 15.4. The zero-order valence-corrected chi connectivity index (χ0v) is 75.1. The third-order valence-electron chi connectivity index (χ3n) is 16.6. The highest BCUT2D eigenvalue weighted by atomic mass is 127. The van der Waals surface area contributed by atoms with Crippen molar-refractivity contribution in [3.63, 3.8) is 0 Å². The molecule has 0 fully saturated rings. The van der Waals surface area contributed by atoms with E-state index in [0.717, 1.165) is 99.4 Å². The highest BCUT2D eigenvalue weighted by Gasteiger charge is 2.49. The number of β-amino-alcohol motifs (C(OH)–C–C–N with tert-alkyl or cyclic N) is 1. The number of benzene rings is 6. The van der Waals surface area contributed by atoms with Crippen LogP contribution in [0.15, 0.2) is 270 Å². The Morgan fingerprint density at radius 2 is 0.939 bits per heavy atom. The molecule has 0 amide bonds. The number of likely N-dealkylation sites (N-methyl/N-ethyl adjacent to an activating group) is 1. The molecule has 5 aliphatic rings. The number of aliphatic hydroxyl groups is 1. The number of ketones is 3. The Balaban J connectivity index is 0.000000244. The summed E-state index contributed by atoms with van der Waals surface area (Å²) in [5.41, 5.74) is 4.72. The topological polar surface area (TPSA) is 204 Å². The molecule has 0 saturated heterocycles. The lowest BCUT2D eigenvalue weighted by Crippen LogP contribution is -2.44. The highest BCUT2D eigenvalue weighted by Crippen LogP contribution is 2.29. The zero-order valence-electron chi connectivity index (χ0n) is 65.7. The molecule has 0 radical (unpaired) electrons. The molecule has 2 N–H and O–H groups in total. The van der Waals surface area contributed by atoms with Crippen LogP contribution in [0, 0.1) is 0 Å². The number of nitrogens with zero attached hydrogens (tertiary/aromatic N) is 7. The van der Waals surface area contributed by atoms with Gasteiger partial charge in [-0.3, -0.25) is 58.3 Å². The van der Waals surface area contributed by atoms with Gasteiger partial charge in [-0.2, -0.15) is 32.1 Å². The minimum Gasteiger partial charge on any atom is -0.465 e. The Morgan fingerprint density at radius 1 is 0.530 bits per heavy atom. The lowest BCUT2D eigenvalue weighted by atomic mass is 10.1. The Hall–Kier alpha value is -6.30. The van der Waals surface area contributed by atoms with Crippen LogP contribution in [0.3, 0.4) is 0 Å². The number of Topliss-reactive ketones (excluding diaryl/α,β-unsaturated/α-hetero) is 1. The second kappa shape index (κ2) is 56.2. The molecule has 11 rings (SSSR count). The molecule has 3 unspecified atom stereocenters. The number of carbonyl (C=O) groups excluding carboxylic acids is 4. The fourth-order valence-electron chi connectivity index (χ4n) is 11.8. The molecule has 0 aliphatic carbocycles. The third kappa shape index (κ3) is 43.3. The highest BCUT2D eigenvalue weighted by molar-refractivity contribution is 14.1. The molecule has 0 saturated carbocycles. The van der Waals surface area contributed by atoms with Crippen molar-refractivity contribution in [1.82, 2.24) is 39.9 Å². The van der Waals surface area contributed by atoms with Gasteiger partial charge in [-0.05, 0) is 157 Å². The van der Waals surface area contributed by atoms with Gasteiger partial charge in [0, 0.05) is 119 Å². The smallest absolute Gasteiger partial charge is 0.465 e. The van der Waals surface area contributed by atoms with E-state index in [0.29, 0.717) is 52.1 Å². The van der Waals surface area contributed by atoms with Crippen molar-refractivity contribution < 1.29 is 69.2 Å². The lowest BCUT2D eigenvalue weighted by Gasteiger charge is -2.34. The van der Waals surface area contributed by atoms with Gasteiger partial charge in [-0.15, -0.1) is 19.7 Å². The first-order valence-corrected chi connectivity index (χ1v) is 43.1. The van der Waals surface area contributed by atoms with Gasteiger partial charge in [0.2, 0.25) is 0 Å². The number of esters is 1. The maximum Gasteiger partial charge on any atom is 0.534 e. The number of ether oxygens (including phenoxy) is 2. The lowest BCUT2D eigenvalue weighted by molar-refractivity contribution is -0.151. The van der Waals surface area contributed by atoms with Gasteiger partial charge in [0.1, 0.15) is 11.5 Å². The van der Waals surface area contributed by atoms with E-state index in [2.05, 4.69) is 249 Å². The summed E-state index contributed by atoms with van der Waals surface area (Å²) in [5, 5.41) is 11.5. The Morgan fingerprint density at radius 3 is 1.36 bits per heavy atom. The second-order valence-electron chi connectivity index (χ2n) is 26.9. The van der Waals surface area contributed by atoms with Crippen LogP contribution in [0.25, 0.3) is 0 Å². The monoisotopic (exact) mass is 2050 g/mol. The number of rotatable bonds is 30. The van der Waals surface area contributed by atoms with Crippen molar-refractivity contribution in [1.29, 1.82) is 0 Å². The Kier molecular flexibility index (Phi) is 48.5. The molecule has 3 atom stereocenters. The summed E-state index contributed by atoms with van der Waals surface area (Å²) in [4.78, 5) is 69.1. The summed E-state index contributed by atoms with van der Waals surface area (Å²) in [6.07, 6.45) is 13.9. The van der Waals surface area contributed by atoms with E-state index in [1.807, 2.05) is 79.7 Å². The normalized spacial score (nSPS) is 17.4. The molecule has 115 heavy (non-hydrogen) atoms. The fraction of sp³-hybridized carbons (Fsp3) is 0.356. The predicted molar refractivity (Wildman–Crippen MR) is 484 cm³/mol. The van der Waals surface area contributed by atoms with Crippen molar-refractivity contribution in [2.24, 2.45) is 0 Å². The van der Waals surface area contributed by atoms with Crippen molar-refractivity contribution >= 4 is 124 Å². The van der Waals surface area contributed by atoms with Crippen LogP contribution in [-0.2, 0) is 91.9 Å². The molecule has 28 heteroatoms. The molecular formula is C87H107F3I4N8O12S. The maximum absolute atomic E-state index is 12.3. The SMILES string of the molecule is C=CCOCC.C=CCON(C)C1C=C(I)CN(Cc2ccccc2)C1.C=CCONC1C=C(I)CN(Cc2ccccc2)C1.CCOC(=O)CN(CC(C)=O)Cc1ccccc1.O=C1C=C(I)CN(Cc2ccccc2)C1.O=C1C=C(OS(=O)(=O)C(F)(F)F)CN(Cc2ccccc2)C1.OC1C=C(I)CN(Cc2ccccc2)C1. The number of alkyl halides is 3. The van der Waals surface area contributed by atoms with Crippen LogP contribution >= 0.6 is 90.4 Å². The summed E-state index contributed by atoms with van der Waals surface area (Å²) in [6.45, 7) is 30.8. The number of hydrogen-bond donors (Lipinski definition) is 2. The molecule has 0 bridgehead atoms. The van der Waals surface area contributed by atoms with Crippen LogP contribution in [0.2, 0.25) is 0 Å². The number of aliphatic hydroxyl groups excluding tert-OH is 1. The fourth-order valence-corrected chi connectivity index (χ4v) is 15.9. The molecular weight excluding hydrogens is 1950 g/mol. The summed E-state index contributed by atoms with van der Waals surface area (Å²) >= 11 is 9.33. The number of nitrogens with one attached hydrogen (secondary N) is 1. The largest absolute Gasteiger partial charge is 0.534 e. The van der Waals surface area contributed by atoms with Gasteiger partial charge in [-0.25, -0.2) is 0 Å². The first-order valence-electron chi connectivity index (χ1n) is 37.4. The molecule has 5 heterocycles. The summed E-state index contributed by atoms with van der Waals surface area (Å²) in [7, 11) is -3.78. The van der Waals surface area contributed by atoms with Crippen LogP contribution in [-0.4, -0.2) is 214 Å². The van der Waals surface area contributed by atoms with Gasteiger partial charge in [0.25, 0.3) is 0 Å². The number of halogens is 7. The molecule has 6 aromatic rings. The standard InChI is InChI=1S/C16H21IN2O.C15H19IN2O.C14H19NO3.C13H12F3NO4S.C12H14INO.C12H12INO.C5H10O/c1-3-9-20-18(2)16-10-15(17)12-19(13-16)11-14-7-5-4-6-8-14;1-2-8-19-17-15-9-14(16)11-18(12-15)10-13-6-4-3-5-7-13;1-3-18-14(17)11-15(9-12(2)16)10-13-7-5-4-6-8-13;14-13(15,16)22(19,20)21-12-6-11(18)8-17(9-12)7-10-4-2-1-3-5-10;2*13-11-6-12(15)9-14(8-11)7-10-4-2-1-3-5-10;1-3-5-6-4-2/h3-8,10,16H,1,9,11-13H2,2H3;2-7,9,15,17H,1,8,10-12H2;4-8H,3,9-11H2,1-2H3;1-6H,7-9H2;1-6,12,15H,7-9H2;1-6H,7-9H2;3H,1,4-5H2,2H3. The van der Waals surface area contributed by atoms with Crippen LogP contribution in [0.4, 0.5) is 13.2 Å². The van der Waals surface area contributed by atoms with Crippen molar-refractivity contribution in [3.8, 4) is 0 Å². The summed E-state index contributed by atoms with van der Waals surface area (Å²) in [5.74, 6) is -1.11. The minimum absolute atomic E-state index is 0.0200. The van der Waals surface area contributed by atoms with E-state index >= 15 is 0 Å². The average molecular weight is 2050 g/mol. The first kappa shape index (κ1) is 99.3. The van der Waals surface area contributed by atoms with Gasteiger partial charge in [0.15, 0.2) is 11.6 Å². The Labute approximate surface area is 732 Å². The molecule has 622 valence electrons. The van der Waals surface area contributed by atoms with E-state index in [-0.39, 0.29) is 55.9 Å². The second-order valence-corrected chi connectivity index (χ2v) is 33.9. The van der Waals surface area contributed by atoms with Crippen LogP contribution < -0.4 is 5.48 Å². The number of carbonyl (C=O) groups is 4. The Bertz CT molecular complexity index is 4160. The minimum atomic E-state index is -5.76. The van der Waals surface area contributed by atoms with Crippen LogP contribution in [0.5, 0.6) is 0 Å². The summed E-state index contributed by atoms with van der Waals surface area (Å²) < 4.78 is 77.7. The maximum atomic E-state index is 12.3. The van der Waals surface area contributed by atoms with Crippen molar-refractivity contribution in [3.05, 3.63) is 304 Å². The van der Waals surface area contributed by atoms with E-state index in [1.165, 1.54) is 44.8 Å². The van der Waals surface area contributed by atoms with E-state index in [1.54, 1.807) is 66.5 Å². The summed E-state index contributed by atoms with van der Waals surface area (Å²) in [6, 6.07) is 61.0. The van der Waals surface area contributed by atoms with E-state index in [9.17, 15) is 45.9 Å². The molecule has 6 aromatic carbocycles. The van der Waals surface area contributed by atoms with E-state index < -0.39 is 27.2 Å². The number of hydroxylamine groups is 3. The zero-order chi connectivity index (χ0) is 83.8. The quantitative estimate of drug-likeness (QED) is 0.00818. The third-order valence-corrected chi connectivity index (χ3v) is 20.3. The van der Waals surface area contributed by atoms with Gasteiger partial charge in [0.05, 0.1) is 77.3 Å². The van der Waals surface area contributed by atoms with Crippen molar-refractivity contribution in [2.75, 3.05) is 119 Å². The molecule has 0 spiro atoms.